The molecule has 21 heavy (non-hydrogen) atoms. The van der Waals surface area contributed by atoms with Crippen LogP contribution in [0.25, 0.3) is 0 Å². The van der Waals surface area contributed by atoms with Gasteiger partial charge in [-0.25, -0.2) is 6.08 Å². The van der Waals surface area contributed by atoms with Gasteiger partial charge in [0.25, 0.3) is 0 Å². The molecule has 2 rings (SSSR count). The Morgan fingerprint density at radius 1 is 1.19 bits per heavy atom. The van der Waals surface area contributed by atoms with E-state index in [0.29, 0.717) is 0 Å². The van der Waals surface area contributed by atoms with E-state index < -0.39 is 0 Å². The normalized spacial score (nSPS) is 13.5. The topological polar surface area (TPSA) is 9.23 Å². The molecule has 0 bridgehead atoms. The maximum absolute atomic E-state index is 6.02. The average molecular weight is 360 g/mol. The molecule has 113 valence electrons. The summed E-state index contributed by atoms with van der Waals surface area (Å²) in [6, 6.07) is 10.5. The second kappa shape index (κ2) is 13.6. The first-order chi connectivity index (χ1) is 8.90. The molecule has 1 unspecified atom stereocenters. The zero-order valence-corrected chi connectivity index (χ0v) is 15.4. The van der Waals surface area contributed by atoms with Gasteiger partial charge in [-0.05, 0) is 18.4 Å². The fraction of sp³-hybridized carbons (Fsp3) is 0.412. The van der Waals surface area contributed by atoms with Gasteiger partial charge in [0.05, 0.1) is 6.10 Å². The van der Waals surface area contributed by atoms with E-state index in [2.05, 4.69) is 55.5 Å². The van der Waals surface area contributed by atoms with Crippen LogP contribution in [0.5, 0.6) is 0 Å². The van der Waals surface area contributed by atoms with Crippen molar-refractivity contribution >= 4 is 0 Å². The summed E-state index contributed by atoms with van der Waals surface area (Å²) in [7, 11) is 0. The number of benzene rings is 1. The molecule has 1 aliphatic carbocycles. The Morgan fingerprint density at radius 3 is 2.48 bits per heavy atom. The van der Waals surface area contributed by atoms with Crippen LogP contribution in [0.2, 0.25) is 0 Å². The predicted octanol–water partition coefficient (Wildman–Crippen LogP) is -1.89. The molecule has 0 amide bonds. The molecule has 0 heterocycles. The number of halogens is 2. The third-order valence-electron chi connectivity index (χ3n) is 3.15. The second-order valence-electron chi connectivity index (χ2n) is 4.64. The van der Waals surface area contributed by atoms with E-state index in [1.807, 2.05) is 0 Å². The molecule has 4 heteroatoms. The van der Waals surface area contributed by atoms with E-state index in [0.717, 1.165) is 25.9 Å². The van der Waals surface area contributed by atoms with Crippen LogP contribution in [-0.4, -0.2) is 12.7 Å². The molecular weight excluding hydrogens is 339 g/mol. The van der Waals surface area contributed by atoms with E-state index in [9.17, 15) is 0 Å². The van der Waals surface area contributed by atoms with Crippen LogP contribution in [-0.2, 0) is 32.9 Å². The first-order valence-corrected chi connectivity index (χ1v) is 6.83. The maximum atomic E-state index is 6.02. The van der Waals surface area contributed by atoms with Crippen molar-refractivity contribution in [2.24, 2.45) is 0 Å². The van der Waals surface area contributed by atoms with Crippen LogP contribution in [0.4, 0.5) is 0 Å². The number of ether oxygens (including phenoxy) is 1. The Balaban J connectivity index is 0. The Hall–Kier alpha value is -0.0457. The first kappa shape index (κ1) is 23.2. The SMILES string of the molecule is CCCCOC(Cc1ccccc1)C1=[C-]CC=C1.[Cl-].[Cl-].[Ti+3]. The maximum Gasteiger partial charge on any atom is 3.00 e. The van der Waals surface area contributed by atoms with Crippen molar-refractivity contribution in [3.8, 4) is 0 Å². The minimum Gasteiger partial charge on any atom is -1.00 e. The Kier molecular flexibility index (Phi) is 15.0. The number of allylic oxidation sites excluding steroid dienone is 2. The number of hydrogen-bond donors (Lipinski definition) is 0. The minimum absolute atomic E-state index is 0. The van der Waals surface area contributed by atoms with Gasteiger partial charge >= 0.3 is 21.7 Å². The van der Waals surface area contributed by atoms with E-state index >= 15 is 0 Å². The molecule has 1 aromatic carbocycles. The van der Waals surface area contributed by atoms with Crippen LogP contribution < -0.4 is 24.8 Å². The van der Waals surface area contributed by atoms with Gasteiger partial charge in [0.2, 0.25) is 0 Å². The quantitative estimate of drug-likeness (QED) is 0.314. The molecule has 0 saturated heterocycles. The van der Waals surface area contributed by atoms with E-state index in [4.69, 9.17) is 4.74 Å². The largest absolute Gasteiger partial charge is 3.00 e. The molecule has 1 atom stereocenters. The van der Waals surface area contributed by atoms with Crippen molar-refractivity contribution in [1.82, 2.24) is 0 Å². The van der Waals surface area contributed by atoms with Gasteiger partial charge < -0.3 is 29.6 Å². The summed E-state index contributed by atoms with van der Waals surface area (Å²) in [5.41, 5.74) is 2.54. The zero-order chi connectivity index (χ0) is 12.6. The standard InChI is InChI=1S/C17H21O.2ClH.Ti/c1-2-3-13-18-17(16-11-7-8-12-16)14-15-9-5-4-6-10-15;;;/h4-7,9-11,17H,2-3,8,13-14H2,1H3;2*1H;/q-1;;;+3/p-2. The molecule has 0 N–H and O–H groups in total. The third kappa shape index (κ3) is 8.23. The van der Waals surface area contributed by atoms with E-state index in [1.165, 1.54) is 17.6 Å². The summed E-state index contributed by atoms with van der Waals surface area (Å²) in [6.07, 6.45) is 12.0. The molecule has 1 nitrogen and oxygen atoms in total. The van der Waals surface area contributed by atoms with E-state index in [1.54, 1.807) is 0 Å². The summed E-state index contributed by atoms with van der Waals surface area (Å²) in [5, 5.41) is 0. The van der Waals surface area contributed by atoms with E-state index in [-0.39, 0.29) is 52.6 Å². The fourth-order valence-electron chi connectivity index (χ4n) is 2.10. The monoisotopic (exact) mass is 359 g/mol. The third-order valence-corrected chi connectivity index (χ3v) is 3.15. The summed E-state index contributed by atoms with van der Waals surface area (Å²) < 4.78 is 6.02. The van der Waals surface area contributed by atoms with Crippen molar-refractivity contribution in [3.63, 3.8) is 0 Å². The molecule has 0 aromatic heterocycles. The Bertz CT molecular complexity index is 418. The van der Waals surface area contributed by atoms with Crippen molar-refractivity contribution in [2.75, 3.05) is 6.61 Å². The summed E-state index contributed by atoms with van der Waals surface area (Å²) in [6.45, 7) is 3.03. The number of unbranched alkanes of at least 4 members (excludes halogenated alkanes) is 1. The van der Waals surface area contributed by atoms with Crippen molar-refractivity contribution in [3.05, 3.63) is 59.7 Å². The molecule has 0 spiro atoms. The molecule has 1 radical (unpaired) electrons. The average Bonchev–Trinajstić information content (AvgIpc) is 2.93. The van der Waals surface area contributed by atoms with Crippen molar-refractivity contribution in [1.29, 1.82) is 0 Å². The number of hydrogen-bond acceptors (Lipinski definition) is 1. The van der Waals surface area contributed by atoms with Gasteiger partial charge in [0.1, 0.15) is 0 Å². The number of rotatable bonds is 7. The molecular formula is C17H21Cl2OTi. The van der Waals surface area contributed by atoms with Crippen molar-refractivity contribution in [2.45, 2.75) is 38.7 Å². The summed E-state index contributed by atoms with van der Waals surface area (Å²) in [4.78, 5) is 0. The molecule has 1 aliphatic rings. The van der Waals surface area contributed by atoms with Crippen LogP contribution in [0, 0.1) is 6.08 Å². The first-order valence-electron chi connectivity index (χ1n) is 6.83. The van der Waals surface area contributed by atoms with Gasteiger partial charge in [-0.15, -0.1) is 6.42 Å². The van der Waals surface area contributed by atoms with Gasteiger partial charge in [-0.2, -0.15) is 11.6 Å². The van der Waals surface area contributed by atoms with Crippen LogP contribution in [0.1, 0.15) is 31.7 Å². The smallest absolute Gasteiger partial charge is 1.00 e. The van der Waals surface area contributed by atoms with Crippen LogP contribution in [0.15, 0.2) is 48.1 Å². The predicted molar refractivity (Wildman–Crippen MR) is 75.3 cm³/mol. The van der Waals surface area contributed by atoms with Crippen LogP contribution >= 0.6 is 0 Å². The summed E-state index contributed by atoms with van der Waals surface area (Å²) in [5.74, 6) is 0. The van der Waals surface area contributed by atoms with Gasteiger partial charge in [0.15, 0.2) is 0 Å². The second-order valence-corrected chi connectivity index (χ2v) is 4.64. The fourth-order valence-corrected chi connectivity index (χ4v) is 2.10. The van der Waals surface area contributed by atoms with Gasteiger partial charge in [-0.1, -0.05) is 43.7 Å². The minimum atomic E-state index is 0. The Morgan fingerprint density at radius 2 is 1.90 bits per heavy atom. The van der Waals surface area contributed by atoms with Crippen molar-refractivity contribution < 1.29 is 51.3 Å². The summed E-state index contributed by atoms with van der Waals surface area (Å²) >= 11 is 0. The van der Waals surface area contributed by atoms with Gasteiger partial charge in [-0.3, -0.25) is 6.08 Å². The van der Waals surface area contributed by atoms with Gasteiger partial charge in [0, 0.05) is 6.61 Å². The zero-order valence-electron chi connectivity index (χ0n) is 12.3. The molecule has 0 aliphatic heterocycles. The molecule has 0 fully saturated rings. The Labute approximate surface area is 155 Å². The molecule has 1 aromatic rings. The van der Waals surface area contributed by atoms with Crippen LogP contribution in [0.3, 0.4) is 0 Å². The molecule has 0 saturated carbocycles.